The van der Waals surface area contributed by atoms with Crippen molar-refractivity contribution in [2.45, 2.75) is 6.04 Å². The highest BCUT2D eigenvalue weighted by Crippen LogP contribution is 2.18. The quantitative estimate of drug-likeness (QED) is 0.758. The van der Waals surface area contributed by atoms with Crippen LogP contribution in [0.3, 0.4) is 0 Å². The molecule has 0 aliphatic heterocycles. The molecule has 0 aliphatic carbocycles. The Morgan fingerprint density at radius 3 is 2.67 bits per heavy atom. The number of anilines is 1. The van der Waals surface area contributed by atoms with Crippen LogP contribution in [0.15, 0.2) is 48.9 Å². The molecule has 0 aliphatic rings. The number of benzene rings is 1. The molecule has 0 unspecified atom stereocenters. The van der Waals surface area contributed by atoms with Crippen LogP contribution in [0.25, 0.3) is 0 Å². The molecule has 0 saturated carbocycles. The molecule has 0 radical (unpaired) electrons. The summed E-state index contributed by atoms with van der Waals surface area (Å²) < 4.78 is 3.03. The zero-order chi connectivity index (χ0) is 14.7. The van der Waals surface area contributed by atoms with Crippen LogP contribution in [-0.2, 0) is 11.8 Å². The van der Waals surface area contributed by atoms with Crippen LogP contribution >= 0.6 is 0 Å². The first-order valence-corrected chi connectivity index (χ1v) is 6.32. The maximum atomic E-state index is 12.5. The molecule has 0 spiro atoms. The fourth-order valence-electron chi connectivity index (χ4n) is 2.02. The summed E-state index contributed by atoms with van der Waals surface area (Å²) in [5.74, 6) is 0.226. The van der Waals surface area contributed by atoms with E-state index in [-0.39, 0.29) is 5.91 Å². The Labute approximate surface area is 120 Å². The lowest BCUT2D eigenvalue weighted by atomic mass is 10.1. The van der Waals surface area contributed by atoms with Gasteiger partial charge in [0, 0.05) is 19.3 Å². The summed E-state index contributed by atoms with van der Waals surface area (Å²) in [6, 6.07) is 10.4. The third kappa shape index (κ3) is 2.78. The Kier molecular flexibility index (Phi) is 3.42. The molecule has 8 nitrogen and oxygen atoms in total. The van der Waals surface area contributed by atoms with Gasteiger partial charge in [-0.15, -0.1) is 5.10 Å². The van der Waals surface area contributed by atoms with Crippen LogP contribution in [0.2, 0.25) is 0 Å². The molecule has 106 valence electrons. The SMILES string of the molecule is Cn1ccc(NC(=O)[C@@H](c2ccccc2)n2cnnn2)n1. The largest absolute Gasteiger partial charge is 0.307 e. The molecule has 1 N–H and O–H groups in total. The topological polar surface area (TPSA) is 90.5 Å². The highest BCUT2D eigenvalue weighted by atomic mass is 16.2. The fraction of sp³-hybridized carbons (Fsp3) is 0.154. The number of nitrogens with one attached hydrogen (secondary N) is 1. The van der Waals surface area contributed by atoms with Gasteiger partial charge in [-0.3, -0.25) is 9.48 Å². The van der Waals surface area contributed by atoms with Crippen LogP contribution in [0, 0.1) is 0 Å². The van der Waals surface area contributed by atoms with Crippen molar-refractivity contribution in [3.63, 3.8) is 0 Å². The first-order valence-electron chi connectivity index (χ1n) is 6.32. The van der Waals surface area contributed by atoms with E-state index >= 15 is 0 Å². The molecule has 8 heteroatoms. The van der Waals surface area contributed by atoms with Crippen molar-refractivity contribution in [1.82, 2.24) is 30.0 Å². The Morgan fingerprint density at radius 1 is 1.24 bits per heavy atom. The number of aryl methyl sites for hydroxylation is 1. The van der Waals surface area contributed by atoms with E-state index in [1.807, 2.05) is 30.3 Å². The maximum absolute atomic E-state index is 12.5. The number of aromatic nitrogens is 6. The standard InChI is InChI=1S/C13H13N7O/c1-19-8-7-11(16-19)15-13(21)12(20-9-14-17-18-20)10-5-3-2-4-6-10/h2-9,12H,1H3,(H,15,16,21)/t12-/m1/s1. The molecule has 0 fully saturated rings. The zero-order valence-electron chi connectivity index (χ0n) is 11.3. The molecular formula is C13H13N7O. The van der Waals surface area contributed by atoms with Gasteiger partial charge in [0.15, 0.2) is 11.9 Å². The molecule has 0 saturated heterocycles. The smallest absolute Gasteiger partial charge is 0.255 e. The van der Waals surface area contributed by atoms with Gasteiger partial charge in [-0.25, -0.2) is 4.68 Å². The summed E-state index contributed by atoms with van der Waals surface area (Å²) in [5, 5.41) is 17.9. The van der Waals surface area contributed by atoms with Gasteiger partial charge in [-0.05, 0) is 16.0 Å². The van der Waals surface area contributed by atoms with Gasteiger partial charge in [0.2, 0.25) is 0 Å². The molecule has 3 rings (SSSR count). The van der Waals surface area contributed by atoms with E-state index in [0.717, 1.165) is 5.56 Å². The molecule has 2 heterocycles. The number of nitrogens with zero attached hydrogens (tertiary/aromatic N) is 6. The van der Waals surface area contributed by atoms with E-state index in [1.54, 1.807) is 24.0 Å². The summed E-state index contributed by atoms with van der Waals surface area (Å²) in [6.07, 6.45) is 3.17. The van der Waals surface area contributed by atoms with Gasteiger partial charge < -0.3 is 5.32 Å². The predicted molar refractivity (Wildman–Crippen MR) is 74.2 cm³/mol. The van der Waals surface area contributed by atoms with E-state index in [0.29, 0.717) is 5.82 Å². The third-order valence-electron chi connectivity index (χ3n) is 2.96. The minimum Gasteiger partial charge on any atom is -0.307 e. The highest BCUT2D eigenvalue weighted by Gasteiger charge is 2.24. The molecule has 0 bridgehead atoms. The number of hydrogen-bond acceptors (Lipinski definition) is 5. The number of tetrazole rings is 1. The van der Waals surface area contributed by atoms with E-state index in [4.69, 9.17) is 0 Å². The van der Waals surface area contributed by atoms with Crippen molar-refractivity contribution < 1.29 is 4.79 Å². The van der Waals surface area contributed by atoms with Crippen molar-refractivity contribution >= 4 is 11.7 Å². The molecule has 1 amide bonds. The predicted octanol–water partition coefficient (Wildman–Crippen LogP) is 0.635. The van der Waals surface area contributed by atoms with Gasteiger partial charge in [0.25, 0.3) is 5.91 Å². The van der Waals surface area contributed by atoms with Crippen LogP contribution in [0.1, 0.15) is 11.6 Å². The molecule has 1 aromatic carbocycles. The maximum Gasteiger partial charge on any atom is 0.255 e. The number of hydrogen-bond donors (Lipinski definition) is 1. The monoisotopic (exact) mass is 283 g/mol. The van der Waals surface area contributed by atoms with Gasteiger partial charge >= 0.3 is 0 Å². The summed E-state index contributed by atoms with van der Waals surface area (Å²) in [6.45, 7) is 0. The Balaban J connectivity index is 1.90. The van der Waals surface area contributed by atoms with E-state index in [1.165, 1.54) is 11.0 Å². The van der Waals surface area contributed by atoms with Crippen LogP contribution in [0.5, 0.6) is 0 Å². The summed E-state index contributed by atoms with van der Waals surface area (Å²) in [4.78, 5) is 12.5. The number of carbonyl (C=O) groups excluding carboxylic acids is 1. The van der Waals surface area contributed by atoms with Crippen molar-refractivity contribution in [2.75, 3.05) is 5.32 Å². The summed E-state index contributed by atoms with van der Waals surface area (Å²) >= 11 is 0. The lowest BCUT2D eigenvalue weighted by molar-refractivity contribution is -0.118. The Hall–Kier alpha value is -3.03. The fourth-order valence-corrected chi connectivity index (χ4v) is 2.02. The minimum atomic E-state index is -0.650. The van der Waals surface area contributed by atoms with Gasteiger partial charge in [0.1, 0.15) is 6.33 Å². The normalized spacial score (nSPS) is 12.0. The number of amides is 1. The second-order valence-electron chi connectivity index (χ2n) is 4.47. The van der Waals surface area contributed by atoms with E-state index in [2.05, 4.69) is 25.9 Å². The van der Waals surface area contributed by atoms with Crippen molar-refractivity contribution in [2.24, 2.45) is 7.05 Å². The zero-order valence-corrected chi connectivity index (χ0v) is 11.3. The van der Waals surface area contributed by atoms with E-state index < -0.39 is 6.04 Å². The highest BCUT2D eigenvalue weighted by molar-refractivity contribution is 5.94. The lowest BCUT2D eigenvalue weighted by Gasteiger charge is -2.15. The molecule has 21 heavy (non-hydrogen) atoms. The average Bonchev–Trinajstić information content (AvgIpc) is 3.13. The van der Waals surface area contributed by atoms with Crippen LogP contribution < -0.4 is 5.32 Å². The van der Waals surface area contributed by atoms with Gasteiger partial charge in [-0.2, -0.15) is 5.10 Å². The Morgan fingerprint density at radius 2 is 2.05 bits per heavy atom. The summed E-state index contributed by atoms with van der Waals surface area (Å²) in [5.41, 5.74) is 0.790. The second-order valence-corrected chi connectivity index (χ2v) is 4.47. The van der Waals surface area contributed by atoms with Crippen molar-refractivity contribution in [3.8, 4) is 0 Å². The first-order chi connectivity index (χ1) is 10.2. The minimum absolute atomic E-state index is 0.257. The van der Waals surface area contributed by atoms with Crippen molar-refractivity contribution in [1.29, 1.82) is 0 Å². The molecular weight excluding hydrogens is 270 g/mol. The molecule has 1 atom stereocenters. The molecule has 3 aromatic rings. The summed E-state index contributed by atoms with van der Waals surface area (Å²) in [7, 11) is 1.78. The van der Waals surface area contributed by atoms with E-state index in [9.17, 15) is 4.79 Å². The lowest BCUT2D eigenvalue weighted by Crippen LogP contribution is -2.27. The molecule has 2 aromatic heterocycles. The van der Waals surface area contributed by atoms with Crippen LogP contribution in [-0.4, -0.2) is 35.9 Å². The number of rotatable bonds is 4. The van der Waals surface area contributed by atoms with Crippen molar-refractivity contribution in [3.05, 3.63) is 54.5 Å². The average molecular weight is 283 g/mol. The van der Waals surface area contributed by atoms with Crippen LogP contribution in [0.4, 0.5) is 5.82 Å². The van der Waals surface area contributed by atoms with Gasteiger partial charge in [0.05, 0.1) is 0 Å². The number of carbonyl (C=O) groups is 1. The Bertz CT molecular complexity index is 720. The van der Waals surface area contributed by atoms with Gasteiger partial charge in [-0.1, -0.05) is 30.3 Å². The first kappa shape index (κ1) is 13.0. The third-order valence-corrected chi connectivity index (χ3v) is 2.96. The second kappa shape index (κ2) is 5.53.